The Bertz CT molecular complexity index is 134. The third kappa shape index (κ3) is 4.77. The zero-order valence-corrected chi connectivity index (χ0v) is 9.30. The summed E-state index contributed by atoms with van der Waals surface area (Å²) in [5.41, 5.74) is 1.07. The van der Waals surface area contributed by atoms with Crippen LogP contribution in [-0.4, -0.2) is 0 Å². The second-order valence-electron chi connectivity index (χ2n) is 1.49. The summed E-state index contributed by atoms with van der Waals surface area (Å²) in [6, 6.07) is 9.87. The van der Waals surface area contributed by atoms with Gasteiger partial charge in [-0.2, -0.15) is 24.6 Å². The molecule has 47 valence electrons. The Balaban J connectivity index is 0. The molecule has 0 saturated heterocycles. The van der Waals surface area contributed by atoms with Gasteiger partial charge < -0.3 is 7.43 Å². The predicted octanol–water partition coefficient (Wildman–Crippen LogP) is 2.32. The molecule has 0 heterocycles. The maximum atomic E-state index is 3.72. The van der Waals surface area contributed by atoms with Gasteiger partial charge in [0.1, 0.15) is 0 Å². The van der Waals surface area contributed by atoms with Crippen LogP contribution in [0.15, 0.2) is 30.3 Å². The van der Waals surface area contributed by atoms with Gasteiger partial charge in [-0.3, -0.25) is 0 Å². The van der Waals surface area contributed by atoms with Crippen molar-refractivity contribution in [3.8, 4) is 0 Å². The third-order valence-corrected chi connectivity index (χ3v) is 0.843. The minimum Gasteiger partial charge on any atom is -0.358 e. The third-order valence-electron chi connectivity index (χ3n) is 0.843. The van der Waals surface area contributed by atoms with Gasteiger partial charge in [-0.05, 0) is 0 Å². The predicted molar refractivity (Wildman–Crippen MR) is 37.3 cm³/mol. The van der Waals surface area contributed by atoms with Gasteiger partial charge in [0, 0.05) is 35.6 Å². The van der Waals surface area contributed by atoms with Gasteiger partial charge in [0.25, 0.3) is 0 Å². The van der Waals surface area contributed by atoms with Crippen LogP contribution in [0.3, 0.4) is 0 Å². The number of benzene rings is 1. The van der Waals surface area contributed by atoms with E-state index >= 15 is 0 Å². The molecule has 1 aromatic carbocycles. The van der Waals surface area contributed by atoms with Crippen molar-refractivity contribution >= 4 is 0 Å². The summed E-state index contributed by atoms with van der Waals surface area (Å²) >= 11 is 0. The molecule has 0 spiro atoms. The zero-order valence-electron chi connectivity index (χ0n) is 5.67. The van der Waals surface area contributed by atoms with E-state index in [0.29, 0.717) is 0 Å². The SMILES string of the molecule is [CH2-]c1ccccc1.[CH3-].[La]. The van der Waals surface area contributed by atoms with Crippen molar-refractivity contribution in [2.75, 3.05) is 0 Å². The van der Waals surface area contributed by atoms with E-state index in [1.54, 1.807) is 0 Å². The molecule has 0 saturated carbocycles. The Labute approximate surface area is 85.3 Å². The molecule has 1 aromatic rings. The Morgan fingerprint density at radius 2 is 1.44 bits per heavy atom. The first-order valence-corrected chi connectivity index (χ1v) is 2.26. The van der Waals surface area contributed by atoms with Gasteiger partial charge >= 0.3 is 0 Å². The van der Waals surface area contributed by atoms with E-state index < -0.39 is 0 Å². The van der Waals surface area contributed by atoms with Crippen molar-refractivity contribution < 1.29 is 35.6 Å². The normalized spacial score (nSPS) is 6.67. The molecule has 0 unspecified atom stereocenters. The van der Waals surface area contributed by atoms with Crippen molar-refractivity contribution in [1.29, 1.82) is 0 Å². The Morgan fingerprint density at radius 1 is 1.00 bits per heavy atom. The van der Waals surface area contributed by atoms with E-state index in [9.17, 15) is 0 Å². The number of rotatable bonds is 0. The molecule has 0 N–H and O–H groups in total. The molecule has 0 nitrogen and oxygen atoms in total. The summed E-state index contributed by atoms with van der Waals surface area (Å²) in [5.74, 6) is 0. The Morgan fingerprint density at radius 3 is 1.67 bits per heavy atom. The fourth-order valence-electron chi connectivity index (χ4n) is 0.478. The number of hydrogen-bond donors (Lipinski definition) is 0. The zero-order chi connectivity index (χ0) is 5.11. The van der Waals surface area contributed by atoms with Crippen LogP contribution in [0.2, 0.25) is 0 Å². The molecule has 0 aliphatic carbocycles. The van der Waals surface area contributed by atoms with Crippen molar-refractivity contribution in [3.63, 3.8) is 0 Å². The van der Waals surface area contributed by atoms with Crippen LogP contribution in [0.5, 0.6) is 0 Å². The van der Waals surface area contributed by atoms with E-state index in [0.717, 1.165) is 5.56 Å². The van der Waals surface area contributed by atoms with Crippen LogP contribution >= 0.6 is 0 Å². The summed E-state index contributed by atoms with van der Waals surface area (Å²) in [7, 11) is 0. The quantitative estimate of drug-likeness (QED) is 0.615. The van der Waals surface area contributed by atoms with E-state index in [1.807, 2.05) is 30.3 Å². The average molecular weight is 245 g/mol. The molecule has 0 fully saturated rings. The fraction of sp³-hybridized carbons (Fsp3) is 0. The molecule has 9 heavy (non-hydrogen) atoms. The van der Waals surface area contributed by atoms with Crippen molar-refractivity contribution in [1.82, 2.24) is 0 Å². The molecule has 0 atom stereocenters. The van der Waals surface area contributed by atoms with Crippen LogP contribution in [-0.2, 0) is 0 Å². The topological polar surface area (TPSA) is 0 Å². The molecule has 1 heteroatoms. The van der Waals surface area contributed by atoms with Crippen molar-refractivity contribution in [2.24, 2.45) is 0 Å². The first kappa shape index (κ1) is 12.0. The average Bonchev–Trinajstić information content (AvgIpc) is 1.69. The molecular weight excluding hydrogens is 235 g/mol. The molecule has 0 aliphatic rings. The molecular formula is C8H10La-2. The first-order valence-electron chi connectivity index (χ1n) is 2.26. The van der Waals surface area contributed by atoms with Crippen LogP contribution in [0.1, 0.15) is 5.56 Å². The smallest absolute Gasteiger partial charge is 0 e. The summed E-state index contributed by atoms with van der Waals surface area (Å²) < 4.78 is 0. The minimum absolute atomic E-state index is 0. The largest absolute Gasteiger partial charge is 0.358 e. The maximum Gasteiger partial charge on any atom is 0 e. The minimum atomic E-state index is 0. The Kier molecular flexibility index (Phi) is 8.55. The van der Waals surface area contributed by atoms with Crippen LogP contribution in [0.25, 0.3) is 0 Å². The summed E-state index contributed by atoms with van der Waals surface area (Å²) in [5, 5.41) is 0. The van der Waals surface area contributed by atoms with Gasteiger partial charge in [-0.25, -0.2) is 0 Å². The number of hydrogen-bond acceptors (Lipinski definition) is 0. The van der Waals surface area contributed by atoms with Gasteiger partial charge in [0.05, 0.1) is 0 Å². The summed E-state index contributed by atoms with van der Waals surface area (Å²) in [6.45, 7) is 3.72. The maximum absolute atomic E-state index is 3.72. The summed E-state index contributed by atoms with van der Waals surface area (Å²) in [4.78, 5) is 0. The standard InChI is InChI=1S/C7H7.CH3.La/c1-7-5-3-2-4-6-7;;/h2-6H,1H2;1H3;/q2*-1;. The molecule has 0 aliphatic heterocycles. The van der Waals surface area contributed by atoms with Crippen molar-refractivity contribution in [2.45, 2.75) is 0 Å². The second-order valence-corrected chi connectivity index (χ2v) is 1.49. The van der Waals surface area contributed by atoms with Crippen LogP contribution in [0.4, 0.5) is 0 Å². The van der Waals surface area contributed by atoms with Crippen molar-refractivity contribution in [3.05, 3.63) is 50.2 Å². The molecule has 0 bridgehead atoms. The fourth-order valence-corrected chi connectivity index (χ4v) is 0.478. The van der Waals surface area contributed by atoms with E-state index in [2.05, 4.69) is 6.92 Å². The second kappa shape index (κ2) is 6.41. The van der Waals surface area contributed by atoms with Gasteiger partial charge in [-0.1, -0.05) is 6.07 Å². The first-order chi connectivity index (χ1) is 3.39. The van der Waals surface area contributed by atoms with Gasteiger partial charge in [-0.15, -0.1) is 12.1 Å². The molecule has 0 amide bonds. The van der Waals surface area contributed by atoms with E-state index in [1.165, 1.54) is 0 Å². The summed E-state index contributed by atoms with van der Waals surface area (Å²) in [6.07, 6.45) is 0. The van der Waals surface area contributed by atoms with Crippen LogP contribution in [0, 0.1) is 49.9 Å². The molecule has 1 rings (SSSR count). The van der Waals surface area contributed by atoms with E-state index in [4.69, 9.17) is 0 Å². The Hall–Kier alpha value is 0.285. The van der Waals surface area contributed by atoms with E-state index in [-0.39, 0.29) is 43.0 Å². The molecule has 0 aromatic heterocycles. The van der Waals surface area contributed by atoms with Gasteiger partial charge in [0.2, 0.25) is 0 Å². The van der Waals surface area contributed by atoms with Crippen LogP contribution < -0.4 is 0 Å². The molecule has 1 radical (unpaired) electrons. The monoisotopic (exact) mass is 245 g/mol. The van der Waals surface area contributed by atoms with Gasteiger partial charge in [0.15, 0.2) is 0 Å².